The van der Waals surface area contributed by atoms with Crippen molar-refractivity contribution in [1.82, 2.24) is 0 Å². The number of carbonyl (C=O) groups is 2. The molecule has 2 amide bonds. The fourth-order valence-electron chi connectivity index (χ4n) is 2.11. The molecule has 0 spiro atoms. The number of amides is 2. The second-order valence-corrected chi connectivity index (χ2v) is 4.70. The van der Waals surface area contributed by atoms with Gasteiger partial charge in [-0.15, -0.1) is 0 Å². The highest BCUT2D eigenvalue weighted by Crippen LogP contribution is 2.27. The molecule has 0 aromatic heterocycles. The molecule has 1 aliphatic rings. The van der Waals surface area contributed by atoms with E-state index in [0.29, 0.717) is 5.69 Å². The summed E-state index contributed by atoms with van der Waals surface area (Å²) in [7, 11) is 1.68. The van der Waals surface area contributed by atoms with Gasteiger partial charge in [0.05, 0.1) is 6.10 Å². The van der Waals surface area contributed by atoms with Gasteiger partial charge in [0.25, 0.3) is 0 Å². The molecule has 102 valence electrons. The summed E-state index contributed by atoms with van der Waals surface area (Å²) in [5, 5.41) is 3.24. The van der Waals surface area contributed by atoms with Gasteiger partial charge in [-0.2, -0.15) is 0 Å². The lowest BCUT2D eigenvalue weighted by Crippen LogP contribution is -2.40. The van der Waals surface area contributed by atoms with Gasteiger partial charge in [-0.05, 0) is 31.0 Å². The average molecular weight is 263 g/mol. The molecule has 1 aromatic carbocycles. The van der Waals surface area contributed by atoms with Crippen LogP contribution in [0.2, 0.25) is 0 Å². The Morgan fingerprint density at radius 3 is 2.11 bits per heavy atom. The fourth-order valence-corrected chi connectivity index (χ4v) is 2.11. The van der Waals surface area contributed by atoms with Crippen LogP contribution >= 0.6 is 0 Å². The lowest BCUT2D eigenvalue weighted by Gasteiger charge is -2.35. The minimum atomic E-state index is -0.588. The second kappa shape index (κ2) is 5.27. The number of carbonyl (C=O) groups excluding carboxylic acids is 2. The first-order valence-corrected chi connectivity index (χ1v) is 6.03. The van der Waals surface area contributed by atoms with Crippen LogP contribution in [-0.2, 0) is 4.74 Å². The Balaban J connectivity index is 2.15. The van der Waals surface area contributed by atoms with Crippen molar-refractivity contribution in [2.24, 2.45) is 11.5 Å². The Morgan fingerprint density at radius 1 is 1.16 bits per heavy atom. The van der Waals surface area contributed by atoms with Crippen molar-refractivity contribution in [3.05, 3.63) is 29.3 Å². The Labute approximate surface area is 111 Å². The van der Waals surface area contributed by atoms with E-state index in [0.717, 1.165) is 12.8 Å². The number of hydrogen-bond donors (Lipinski definition) is 3. The quantitative estimate of drug-likeness (QED) is 0.717. The maximum Gasteiger partial charge on any atom is 0.248 e. The van der Waals surface area contributed by atoms with E-state index in [9.17, 15) is 9.59 Å². The number of benzene rings is 1. The third-order valence-corrected chi connectivity index (χ3v) is 3.30. The normalized spacial score (nSPS) is 21.5. The maximum absolute atomic E-state index is 11.2. The minimum Gasteiger partial charge on any atom is -0.382 e. The van der Waals surface area contributed by atoms with Gasteiger partial charge in [0.2, 0.25) is 11.8 Å². The zero-order valence-corrected chi connectivity index (χ0v) is 10.7. The maximum atomic E-state index is 11.2. The molecule has 1 aliphatic carbocycles. The van der Waals surface area contributed by atoms with Crippen molar-refractivity contribution < 1.29 is 14.3 Å². The molecule has 0 aliphatic heterocycles. The van der Waals surface area contributed by atoms with Crippen LogP contribution in [0.1, 0.15) is 33.6 Å². The van der Waals surface area contributed by atoms with Gasteiger partial charge in [-0.25, -0.2) is 0 Å². The molecule has 2 rings (SSSR count). The van der Waals surface area contributed by atoms with Crippen LogP contribution in [0.3, 0.4) is 0 Å². The van der Waals surface area contributed by atoms with Gasteiger partial charge >= 0.3 is 0 Å². The van der Waals surface area contributed by atoms with Crippen molar-refractivity contribution in [2.45, 2.75) is 25.0 Å². The SMILES string of the molecule is COC1CC(Nc2cc(C(N)=O)cc(C(N)=O)c2)C1. The summed E-state index contributed by atoms with van der Waals surface area (Å²) in [4.78, 5) is 22.4. The predicted octanol–water partition coefficient (Wildman–Crippen LogP) is 0.474. The second-order valence-electron chi connectivity index (χ2n) is 4.70. The number of nitrogens with two attached hydrogens (primary N) is 2. The van der Waals surface area contributed by atoms with E-state index in [-0.39, 0.29) is 23.3 Å². The van der Waals surface area contributed by atoms with E-state index in [1.165, 1.54) is 6.07 Å². The Morgan fingerprint density at radius 2 is 1.68 bits per heavy atom. The summed E-state index contributed by atoms with van der Waals surface area (Å²) in [5.74, 6) is -1.18. The summed E-state index contributed by atoms with van der Waals surface area (Å²) >= 11 is 0. The molecule has 0 heterocycles. The lowest BCUT2D eigenvalue weighted by molar-refractivity contribution is 0.0328. The predicted molar refractivity (Wildman–Crippen MR) is 70.9 cm³/mol. The molecule has 0 radical (unpaired) electrons. The van der Waals surface area contributed by atoms with E-state index in [4.69, 9.17) is 16.2 Å². The molecule has 5 N–H and O–H groups in total. The third kappa shape index (κ3) is 3.03. The van der Waals surface area contributed by atoms with Crippen LogP contribution in [0.4, 0.5) is 5.69 Å². The molecule has 6 heteroatoms. The molecule has 0 unspecified atom stereocenters. The molecule has 0 saturated heterocycles. The molecular formula is C13H17N3O3. The molecule has 6 nitrogen and oxygen atoms in total. The highest BCUT2D eigenvalue weighted by atomic mass is 16.5. The van der Waals surface area contributed by atoms with E-state index in [1.807, 2.05) is 0 Å². The number of ether oxygens (including phenoxy) is 1. The number of primary amides is 2. The van der Waals surface area contributed by atoms with Gasteiger partial charge in [-0.1, -0.05) is 0 Å². The van der Waals surface area contributed by atoms with Gasteiger partial charge in [0, 0.05) is 30.0 Å². The smallest absolute Gasteiger partial charge is 0.248 e. The molecule has 0 bridgehead atoms. The van der Waals surface area contributed by atoms with E-state index in [2.05, 4.69) is 5.32 Å². The summed E-state index contributed by atoms with van der Waals surface area (Å²) in [6.45, 7) is 0. The monoisotopic (exact) mass is 263 g/mol. The number of hydrogen-bond acceptors (Lipinski definition) is 4. The Bertz CT molecular complexity index is 478. The van der Waals surface area contributed by atoms with Crippen molar-refractivity contribution in [3.8, 4) is 0 Å². The summed E-state index contributed by atoms with van der Waals surface area (Å²) < 4.78 is 5.19. The molecular weight excluding hydrogens is 246 g/mol. The Hall–Kier alpha value is -2.08. The van der Waals surface area contributed by atoms with Gasteiger partial charge in [0.1, 0.15) is 0 Å². The summed E-state index contributed by atoms with van der Waals surface area (Å²) in [5.41, 5.74) is 11.7. The van der Waals surface area contributed by atoms with Crippen LogP contribution in [0.25, 0.3) is 0 Å². The number of nitrogens with one attached hydrogen (secondary N) is 1. The number of anilines is 1. The molecule has 19 heavy (non-hydrogen) atoms. The fraction of sp³-hybridized carbons (Fsp3) is 0.385. The van der Waals surface area contributed by atoms with Crippen LogP contribution in [0.5, 0.6) is 0 Å². The minimum absolute atomic E-state index is 0.265. The number of rotatable bonds is 5. The Kier molecular flexibility index (Phi) is 3.71. The topological polar surface area (TPSA) is 107 Å². The van der Waals surface area contributed by atoms with Crippen LogP contribution in [-0.4, -0.2) is 31.1 Å². The zero-order chi connectivity index (χ0) is 14.0. The lowest BCUT2D eigenvalue weighted by atomic mass is 9.89. The average Bonchev–Trinajstić information content (AvgIpc) is 2.32. The largest absolute Gasteiger partial charge is 0.382 e. The van der Waals surface area contributed by atoms with E-state index in [1.54, 1.807) is 19.2 Å². The van der Waals surface area contributed by atoms with Gasteiger partial charge in [-0.3, -0.25) is 9.59 Å². The molecule has 1 saturated carbocycles. The molecule has 1 aromatic rings. The van der Waals surface area contributed by atoms with E-state index < -0.39 is 11.8 Å². The standard InChI is InChI=1S/C13H17N3O3/c1-19-11-5-10(6-11)16-9-3-7(12(14)17)2-8(4-9)13(15)18/h2-4,10-11,16H,5-6H2,1H3,(H2,14,17)(H2,15,18). The van der Waals surface area contributed by atoms with Crippen LogP contribution < -0.4 is 16.8 Å². The first kappa shape index (κ1) is 13.4. The zero-order valence-electron chi connectivity index (χ0n) is 10.7. The third-order valence-electron chi connectivity index (χ3n) is 3.30. The van der Waals surface area contributed by atoms with Crippen molar-refractivity contribution in [3.63, 3.8) is 0 Å². The van der Waals surface area contributed by atoms with Gasteiger partial charge in [0.15, 0.2) is 0 Å². The van der Waals surface area contributed by atoms with Crippen LogP contribution in [0.15, 0.2) is 18.2 Å². The molecule has 1 fully saturated rings. The highest BCUT2D eigenvalue weighted by Gasteiger charge is 2.28. The highest BCUT2D eigenvalue weighted by molar-refractivity contribution is 5.99. The first-order valence-electron chi connectivity index (χ1n) is 6.03. The van der Waals surface area contributed by atoms with Gasteiger partial charge < -0.3 is 21.5 Å². The first-order chi connectivity index (χ1) is 8.99. The number of methoxy groups -OCH3 is 1. The van der Waals surface area contributed by atoms with Crippen molar-refractivity contribution in [2.75, 3.05) is 12.4 Å². The van der Waals surface area contributed by atoms with Crippen molar-refractivity contribution in [1.29, 1.82) is 0 Å². The van der Waals surface area contributed by atoms with Crippen molar-refractivity contribution >= 4 is 17.5 Å². The van der Waals surface area contributed by atoms with E-state index >= 15 is 0 Å². The van der Waals surface area contributed by atoms with Crippen LogP contribution in [0, 0.1) is 0 Å². The summed E-state index contributed by atoms with van der Waals surface area (Å²) in [6.07, 6.45) is 2.05. The molecule has 0 atom stereocenters. The summed E-state index contributed by atoms with van der Waals surface area (Å²) in [6, 6.07) is 4.91.